The molecule has 0 unspecified atom stereocenters. The average Bonchev–Trinajstić information content (AvgIpc) is 2.34. The molecule has 0 radical (unpaired) electrons. The van der Waals surface area contributed by atoms with Gasteiger partial charge in [0.05, 0.1) is 5.56 Å². The molecule has 0 fully saturated rings. The summed E-state index contributed by atoms with van der Waals surface area (Å²) in [7, 11) is 0. The maximum atomic E-state index is 12.8. The second-order valence-electron chi connectivity index (χ2n) is 4.03. The summed E-state index contributed by atoms with van der Waals surface area (Å²) in [5, 5.41) is -0.280. The molecule has 1 amide bonds. The molecule has 4 nitrogen and oxygen atoms in total. The molecule has 0 aliphatic rings. The minimum Gasteiger partial charge on any atom is -0.423 e. The Morgan fingerprint density at radius 3 is 2.45 bits per heavy atom. The summed E-state index contributed by atoms with van der Waals surface area (Å²) in [6.45, 7) is 3.41. The second-order valence-corrected chi connectivity index (χ2v) is 4.03. The van der Waals surface area contributed by atoms with Gasteiger partial charge in [-0.15, -0.1) is 0 Å². The third-order valence-electron chi connectivity index (χ3n) is 2.70. The van der Waals surface area contributed by atoms with Crippen LogP contribution in [0.5, 0.6) is 0 Å². The molecule has 2 aromatic rings. The molecule has 0 saturated carbocycles. The van der Waals surface area contributed by atoms with Crippen molar-refractivity contribution in [3.05, 3.63) is 52.4 Å². The molecule has 2 rings (SSSR count). The van der Waals surface area contributed by atoms with Crippen molar-refractivity contribution in [2.75, 3.05) is 0 Å². The number of primary amides is 1. The van der Waals surface area contributed by atoms with Gasteiger partial charge < -0.3 is 10.2 Å². The summed E-state index contributed by atoms with van der Waals surface area (Å²) in [5.74, 6) is -0.821. The van der Waals surface area contributed by atoms with Crippen LogP contribution in [-0.2, 0) is 11.0 Å². The summed E-state index contributed by atoms with van der Waals surface area (Å²) < 4.78 is 43.2. The summed E-state index contributed by atoms with van der Waals surface area (Å²) in [5.41, 5.74) is 2.61. The quantitative estimate of drug-likeness (QED) is 0.679. The molecule has 1 heterocycles. The molecular formula is C13H8F3NO3. The maximum Gasteiger partial charge on any atom is 0.417 e. The van der Waals surface area contributed by atoms with Crippen LogP contribution in [-0.4, -0.2) is 5.91 Å². The fourth-order valence-corrected chi connectivity index (χ4v) is 1.73. The highest BCUT2D eigenvalue weighted by Crippen LogP contribution is 2.34. The number of rotatable bonds is 2. The number of hydrogen-bond acceptors (Lipinski definition) is 3. The van der Waals surface area contributed by atoms with E-state index in [0.717, 1.165) is 12.1 Å². The predicted octanol–water partition coefficient (Wildman–Crippen LogP) is 2.31. The molecule has 0 bridgehead atoms. The molecule has 0 saturated heterocycles. The number of hydrogen-bond donors (Lipinski definition) is 1. The minimum absolute atomic E-state index is 0.0908. The van der Waals surface area contributed by atoms with E-state index in [1.165, 1.54) is 6.07 Å². The van der Waals surface area contributed by atoms with E-state index >= 15 is 0 Å². The van der Waals surface area contributed by atoms with Crippen molar-refractivity contribution in [2.45, 2.75) is 6.18 Å². The number of nitrogens with two attached hydrogens (primary N) is 1. The van der Waals surface area contributed by atoms with Gasteiger partial charge >= 0.3 is 11.8 Å². The second kappa shape index (κ2) is 4.52. The van der Waals surface area contributed by atoms with Crippen LogP contribution >= 0.6 is 0 Å². The Balaban J connectivity index is 2.75. The molecule has 1 aromatic heterocycles. The molecule has 0 aliphatic heterocycles. The summed E-state index contributed by atoms with van der Waals surface area (Å²) in [4.78, 5) is 22.2. The Hall–Kier alpha value is -2.57. The van der Waals surface area contributed by atoms with Crippen molar-refractivity contribution < 1.29 is 22.4 Å². The summed E-state index contributed by atoms with van der Waals surface area (Å²) in [6.07, 6.45) is -4.68. The molecule has 1 aromatic carbocycles. The van der Waals surface area contributed by atoms with Crippen LogP contribution in [0.3, 0.4) is 0 Å². The molecule has 7 heteroatoms. The highest BCUT2D eigenvalue weighted by molar-refractivity contribution is 6.18. The van der Waals surface area contributed by atoms with Crippen molar-refractivity contribution in [3.63, 3.8) is 0 Å². The highest BCUT2D eigenvalue weighted by Gasteiger charge is 2.33. The molecule has 20 heavy (non-hydrogen) atoms. The highest BCUT2D eigenvalue weighted by atomic mass is 19.4. The van der Waals surface area contributed by atoms with Gasteiger partial charge in [0.15, 0.2) is 0 Å². The standard InChI is InChI=1S/C13H8F3NO3/c1-6(12(17)19)7-2-3-8-9(13(14,15)16)5-11(18)20-10(8)4-7/h2-5H,1H2,(H2,17,19). The van der Waals surface area contributed by atoms with Crippen molar-refractivity contribution in [2.24, 2.45) is 5.73 Å². The Morgan fingerprint density at radius 1 is 1.25 bits per heavy atom. The first-order chi connectivity index (χ1) is 9.20. The molecule has 0 aliphatic carbocycles. The molecular weight excluding hydrogens is 275 g/mol. The van der Waals surface area contributed by atoms with E-state index in [2.05, 4.69) is 6.58 Å². The summed E-state index contributed by atoms with van der Waals surface area (Å²) in [6, 6.07) is 3.86. The zero-order chi connectivity index (χ0) is 15.1. The fourth-order valence-electron chi connectivity index (χ4n) is 1.73. The van der Waals surface area contributed by atoms with Gasteiger partial charge in [-0.1, -0.05) is 12.6 Å². The van der Waals surface area contributed by atoms with Crippen LogP contribution in [0.15, 0.2) is 40.1 Å². The third-order valence-corrected chi connectivity index (χ3v) is 2.70. The topological polar surface area (TPSA) is 73.3 Å². The van der Waals surface area contributed by atoms with Crippen molar-refractivity contribution in [1.82, 2.24) is 0 Å². The van der Waals surface area contributed by atoms with Gasteiger partial charge in [-0.05, 0) is 17.7 Å². The van der Waals surface area contributed by atoms with E-state index in [4.69, 9.17) is 10.2 Å². The van der Waals surface area contributed by atoms with Crippen molar-refractivity contribution >= 4 is 22.4 Å². The Kier molecular flexibility index (Phi) is 3.13. The van der Waals surface area contributed by atoms with E-state index in [1.54, 1.807) is 0 Å². The van der Waals surface area contributed by atoms with E-state index in [1.807, 2.05) is 0 Å². The van der Waals surface area contributed by atoms with Gasteiger partial charge in [-0.3, -0.25) is 4.79 Å². The SMILES string of the molecule is C=C(C(N)=O)c1ccc2c(C(F)(F)F)cc(=O)oc2c1. The third kappa shape index (κ3) is 2.42. The van der Waals surface area contributed by atoms with E-state index < -0.39 is 23.3 Å². The lowest BCUT2D eigenvalue weighted by atomic mass is 10.0. The molecule has 104 valence electrons. The van der Waals surface area contributed by atoms with Gasteiger partial charge in [-0.25, -0.2) is 4.79 Å². The van der Waals surface area contributed by atoms with Gasteiger partial charge in [0.1, 0.15) is 5.58 Å². The van der Waals surface area contributed by atoms with Gasteiger partial charge in [0.25, 0.3) is 0 Å². The van der Waals surface area contributed by atoms with Gasteiger partial charge in [-0.2, -0.15) is 13.2 Å². The molecule has 0 atom stereocenters. The number of amides is 1. The smallest absolute Gasteiger partial charge is 0.417 e. The number of alkyl halides is 3. The molecule has 0 spiro atoms. The normalized spacial score (nSPS) is 11.6. The number of halogens is 3. The maximum absolute atomic E-state index is 12.8. The van der Waals surface area contributed by atoms with Crippen LogP contribution in [0.4, 0.5) is 13.2 Å². The zero-order valence-electron chi connectivity index (χ0n) is 9.95. The number of carbonyl (C=O) groups is 1. The minimum atomic E-state index is -4.68. The Morgan fingerprint density at radius 2 is 1.90 bits per heavy atom. The predicted molar refractivity (Wildman–Crippen MR) is 65.7 cm³/mol. The largest absolute Gasteiger partial charge is 0.423 e. The lowest BCUT2D eigenvalue weighted by Gasteiger charge is -2.10. The van der Waals surface area contributed by atoms with Crippen LogP contribution in [0, 0.1) is 0 Å². The summed E-state index contributed by atoms with van der Waals surface area (Å²) >= 11 is 0. The average molecular weight is 283 g/mol. The van der Waals surface area contributed by atoms with Crippen molar-refractivity contribution in [1.29, 1.82) is 0 Å². The monoisotopic (exact) mass is 283 g/mol. The number of carbonyl (C=O) groups excluding carboxylic acids is 1. The lowest BCUT2D eigenvalue weighted by molar-refractivity contribution is -0.136. The van der Waals surface area contributed by atoms with E-state index in [-0.39, 0.29) is 22.1 Å². The number of benzene rings is 1. The van der Waals surface area contributed by atoms with Crippen LogP contribution < -0.4 is 11.4 Å². The van der Waals surface area contributed by atoms with Crippen LogP contribution in [0.1, 0.15) is 11.1 Å². The molecule has 2 N–H and O–H groups in total. The van der Waals surface area contributed by atoms with Gasteiger partial charge in [0.2, 0.25) is 5.91 Å². The fraction of sp³-hybridized carbons (Fsp3) is 0.0769. The first kappa shape index (κ1) is 13.9. The Bertz CT molecular complexity index is 775. The van der Waals surface area contributed by atoms with Crippen LogP contribution in [0.25, 0.3) is 16.5 Å². The first-order valence-corrected chi connectivity index (χ1v) is 5.34. The number of fused-ring (bicyclic) bond motifs is 1. The van der Waals surface area contributed by atoms with E-state index in [9.17, 15) is 22.8 Å². The first-order valence-electron chi connectivity index (χ1n) is 5.34. The van der Waals surface area contributed by atoms with Gasteiger partial charge in [0, 0.05) is 17.0 Å². The van der Waals surface area contributed by atoms with Crippen LogP contribution in [0.2, 0.25) is 0 Å². The van der Waals surface area contributed by atoms with E-state index in [0.29, 0.717) is 6.07 Å². The lowest BCUT2D eigenvalue weighted by Crippen LogP contribution is -2.13. The zero-order valence-corrected chi connectivity index (χ0v) is 9.95. The Labute approximate surface area is 110 Å². The van der Waals surface area contributed by atoms with Crippen molar-refractivity contribution in [3.8, 4) is 0 Å².